The second kappa shape index (κ2) is 7.42. The molecule has 1 atom stereocenters. The number of hydrogen-bond donors (Lipinski definition) is 2. The minimum Gasteiger partial charge on any atom is -0.369 e. The Morgan fingerprint density at radius 2 is 1.83 bits per heavy atom. The summed E-state index contributed by atoms with van der Waals surface area (Å²) >= 11 is 0. The van der Waals surface area contributed by atoms with Crippen molar-refractivity contribution in [3.05, 3.63) is 29.3 Å². The first-order valence-corrected chi connectivity index (χ1v) is 10.5. The number of fused-ring (bicyclic) bond motifs is 1. The molecule has 0 bridgehead atoms. The van der Waals surface area contributed by atoms with E-state index in [2.05, 4.69) is 26.5 Å². The molecular formula is C21H27N5O3. The van der Waals surface area contributed by atoms with Gasteiger partial charge in [-0.25, -0.2) is 0 Å². The summed E-state index contributed by atoms with van der Waals surface area (Å²) in [6.07, 6.45) is 0.679. The fourth-order valence-corrected chi connectivity index (χ4v) is 4.79. The van der Waals surface area contributed by atoms with Gasteiger partial charge in [0.05, 0.1) is 0 Å². The van der Waals surface area contributed by atoms with E-state index in [1.165, 1.54) is 6.54 Å². The lowest BCUT2D eigenvalue weighted by Crippen LogP contribution is -2.53. The van der Waals surface area contributed by atoms with Crippen molar-refractivity contribution in [2.24, 2.45) is 5.92 Å². The number of piperidine rings is 1. The van der Waals surface area contributed by atoms with E-state index in [1.54, 1.807) is 4.90 Å². The van der Waals surface area contributed by atoms with Crippen LogP contribution in [0.5, 0.6) is 0 Å². The molecule has 5 rings (SSSR count). The number of hydrogen-bond acceptors (Lipinski definition) is 6. The van der Waals surface area contributed by atoms with E-state index in [-0.39, 0.29) is 24.1 Å². The number of imide groups is 1. The average Bonchev–Trinajstić information content (AvgIpc) is 3.01. The van der Waals surface area contributed by atoms with Crippen molar-refractivity contribution in [1.82, 2.24) is 20.4 Å². The quantitative estimate of drug-likeness (QED) is 0.684. The second-order valence-corrected chi connectivity index (χ2v) is 8.55. The van der Waals surface area contributed by atoms with Crippen molar-refractivity contribution in [3.8, 4) is 0 Å². The lowest BCUT2D eigenvalue weighted by atomic mass is 10.0. The molecule has 0 aromatic heterocycles. The SMILES string of the molecule is O=C1CCC(N2Cc3cc(N4CCN(CC5CNC5)CC4)ccc3C2=O)C(=O)N1. The number of rotatable bonds is 4. The minimum atomic E-state index is -0.555. The van der Waals surface area contributed by atoms with Crippen LogP contribution in [0.1, 0.15) is 28.8 Å². The molecular weight excluding hydrogens is 370 g/mol. The molecule has 0 aliphatic carbocycles. The Kier molecular flexibility index (Phi) is 4.75. The number of carbonyl (C=O) groups is 3. The van der Waals surface area contributed by atoms with E-state index >= 15 is 0 Å². The average molecular weight is 397 g/mol. The van der Waals surface area contributed by atoms with E-state index in [0.717, 1.165) is 56.4 Å². The molecule has 1 aromatic rings. The number of anilines is 1. The molecule has 3 amide bonds. The fraction of sp³-hybridized carbons (Fsp3) is 0.571. The Balaban J connectivity index is 1.24. The Morgan fingerprint density at radius 3 is 2.52 bits per heavy atom. The van der Waals surface area contributed by atoms with Crippen molar-refractivity contribution < 1.29 is 14.4 Å². The molecule has 4 heterocycles. The second-order valence-electron chi connectivity index (χ2n) is 8.55. The van der Waals surface area contributed by atoms with Crippen LogP contribution in [0.3, 0.4) is 0 Å². The molecule has 4 aliphatic heterocycles. The molecule has 0 radical (unpaired) electrons. The third kappa shape index (κ3) is 3.51. The summed E-state index contributed by atoms with van der Waals surface area (Å²) in [5.74, 6) is 0.0663. The summed E-state index contributed by atoms with van der Waals surface area (Å²) in [7, 11) is 0. The Labute approximate surface area is 170 Å². The summed E-state index contributed by atoms with van der Waals surface area (Å²) in [6.45, 7) is 8.01. The highest BCUT2D eigenvalue weighted by Crippen LogP contribution is 2.31. The van der Waals surface area contributed by atoms with E-state index in [1.807, 2.05) is 12.1 Å². The van der Waals surface area contributed by atoms with Gasteiger partial charge in [-0.2, -0.15) is 0 Å². The van der Waals surface area contributed by atoms with Gasteiger partial charge in [-0.15, -0.1) is 0 Å². The first-order valence-electron chi connectivity index (χ1n) is 10.5. The summed E-state index contributed by atoms with van der Waals surface area (Å²) < 4.78 is 0. The van der Waals surface area contributed by atoms with Gasteiger partial charge in [0.2, 0.25) is 11.8 Å². The molecule has 1 unspecified atom stereocenters. The zero-order chi connectivity index (χ0) is 20.0. The highest BCUT2D eigenvalue weighted by atomic mass is 16.2. The van der Waals surface area contributed by atoms with E-state index in [9.17, 15) is 14.4 Å². The van der Waals surface area contributed by atoms with Crippen LogP contribution in [-0.4, -0.2) is 79.4 Å². The molecule has 1 aromatic carbocycles. The van der Waals surface area contributed by atoms with Gasteiger partial charge in [-0.1, -0.05) is 0 Å². The van der Waals surface area contributed by atoms with Crippen molar-refractivity contribution in [2.75, 3.05) is 50.7 Å². The standard InChI is InChI=1S/C21H27N5O3/c27-19-4-3-18(20(28)23-19)26-13-15-9-16(1-2-17(15)21(26)29)25-7-5-24(6-8-25)12-14-10-22-11-14/h1-2,9,14,18,22H,3-8,10-13H2,(H,23,27,28). The summed E-state index contributed by atoms with van der Waals surface area (Å²) in [6, 6.07) is 5.46. The normalized spacial score (nSPS) is 25.8. The maximum Gasteiger partial charge on any atom is 0.255 e. The number of nitrogens with zero attached hydrogens (tertiary/aromatic N) is 3. The molecule has 8 heteroatoms. The summed E-state index contributed by atoms with van der Waals surface area (Å²) in [5, 5.41) is 5.69. The highest BCUT2D eigenvalue weighted by Gasteiger charge is 2.39. The van der Waals surface area contributed by atoms with E-state index in [0.29, 0.717) is 18.5 Å². The van der Waals surface area contributed by atoms with Gasteiger partial charge in [-0.05, 0) is 36.1 Å². The van der Waals surface area contributed by atoms with Crippen LogP contribution in [0.15, 0.2) is 18.2 Å². The third-order valence-electron chi connectivity index (χ3n) is 6.63. The molecule has 29 heavy (non-hydrogen) atoms. The van der Waals surface area contributed by atoms with Gasteiger partial charge in [0.25, 0.3) is 5.91 Å². The van der Waals surface area contributed by atoms with Crippen LogP contribution in [0, 0.1) is 5.92 Å². The smallest absolute Gasteiger partial charge is 0.255 e. The van der Waals surface area contributed by atoms with Gasteiger partial charge < -0.3 is 15.1 Å². The molecule has 0 spiro atoms. The topological polar surface area (TPSA) is 85.0 Å². The summed E-state index contributed by atoms with van der Waals surface area (Å²) in [5.41, 5.74) is 2.79. The first kappa shape index (κ1) is 18.6. The molecule has 8 nitrogen and oxygen atoms in total. The predicted octanol–water partition coefficient (Wildman–Crippen LogP) is -0.211. The predicted molar refractivity (Wildman–Crippen MR) is 107 cm³/mol. The van der Waals surface area contributed by atoms with Crippen LogP contribution in [-0.2, 0) is 16.1 Å². The van der Waals surface area contributed by atoms with Crippen molar-refractivity contribution in [1.29, 1.82) is 0 Å². The monoisotopic (exact) mass is 397 g/mol. The van der Waals surface area contributed by atoms with Crippen LogP contribution >= 0.6 is 0 Å². The van der Waals surface area contributed by atoms with Crippen LogP contribution in [0.4, 0.5) is 5.69 Å². The lowest BCUT2D eigenvalue weighted by molar-refractivity contribution is -0.136. The summed E-state index contributed by atoms with van der Waals surface area (Å²) in [4.78, 5) is 43.0. The Bertz CT molecular complexity index is 845. The van der Waals surface area contributed by atoms with Crippen molar-refractivity contribution in [2.45, 2.75) is 25.4 Å². The van der Waals surface area contributed by atoms with Crippen molar-refractivity contribution >= 4 is 23.4 Å². The molecule has 2 N–H and O–H groups in total. The first-order chi connectivity index (χ1) is 14.1. The minimum absolute atomic E-state index is 0.111. The lowest BCUT2D eigenvalue weighted by Gasteiger charge is -2.39. The van der Waals surface area contributed by atoms with Gasteiger partial charge >= 0.3 is 0 Å². The van der Waals surface area contributed by atoms with Gasteiger partial charge in [0.1, 0.15) is 6.04 Å². The molecule has 3 saturated heterocycles. The van der Waals surface area contributed by atoms with Crippen LogP contribution in [0.25, 0.3) is 0 Å². The maximum absolute atomic E-state index is 12.8. The molecule has 4 aliphatic rings. The van der Waals surface area contributed by atoms with E-state index < -0.39 is 6.04 Å². The van der Waals surface area contributed by atoms with E-state index in [4.69, 9.17) is 0 Å². The number of nitrogens with one attached hydrogen (secondary N) is 2. The highest BCUT2D eigenvalue weighted by molar-refractivity contribution is 6.05. The maximum atomic E-state index is 12.8. The molecule has 3 fully saturated rings. The molecule has 0 saturated carbocycles. The number of amides is 3. The van der Waals surface area contributed by atoms with Gasteiger partial charge in [0.15, 0.2) is 0 Å². The number of carbonyl (C=O) groups excluding carboxylic acids is 3. The van der Waals surface area contributed by atoms with Crippen molar-refractivity contribution in [3.63, 3.8) is 0 Å². The van der Waals surface area contributed by atoms with Gasteiger partial charge in [0, 0.05) is 70.0 Å². The van der Waals surface area contributed by atoms with Crippen LogP contribution in [0.2, 0.25) is 0 Å². The Morgan fingerprint density at radius 1 is 1.03 bits per heavy atom. The Hall–Kier alpha value is -2.45. The zero-order valence-electron chi connectivity index (χ0n) is 16.5. The third-order valence-corrected chi connectivity index (χ3v) is 6.63. The number of benzene rings is 1. The van der Waals surface area contributed by atoms with Crippen LogP contribution < -0.4 is 15.5 Å². The zero-order valence-corrected chi connectivity index (χ0v) is 16.5. The van der Waals surface area contributed by atoms with Gasteiger partial charge in [-0.3, -0.25) is 24.6 Å². The molecule has 154 valence electrons. The number of piperazine rings is 1. The fourth-order valence-electron chi connectivity index (χ4n) is 4.79. The largest absolute Gasteiger partial charge is 0.369 e.